The summed E-state index contributed by atoms with van der Waals surface area (Å²) in [6.45, 7) is 1.28. The fourth-order valence-corrected chi connectivity index (χ4v) is 2.59. The molecule has 0 unspecified atom stereocenters. The molecule has 2 N–H and O–H groups in total. The zero-order valence-corrected chi connectivity index (χ0v) is 12.0. The molecular formula is C15H14F3N3O2. The molecule has 0 radical (unpaired) electrons. The van der Waals surface area contributed by atoms with Gasteiger partial charge in [-0.2, -0.15) is 13.2 Å². The van der Waals surface area contributed by atoms with Crippen LogP contribution in [0.1, 0.15) is 22.6 Å². The Balaban J connectivity index is 1.77. The van der Waals surface area contributed by atoms with Crippen molar-refractivity contribution in [1.29, 1.82) is 0 Å². The van der Waals surface area contributed by atoms with Crippen molar-refractivity contribution in [2.45, 2.75) is 25.7 Å². The molecule has 1 aliphatic heterocycles. The number of halogens is 3. The number of nitrogens with zero attached hydrogens (tertiary/aromatic N) is 3. The Morgan fingerprint density at radius 1 is 1.22 bits per heavy atom. The summed E-state index contributed by atoms with van der Waals surface area (Å²) in [7, 11) is 0. The number of aromatic hydroxyl groups is 2. The normalized spacial score (nSPS) is 15.4. The van der Waals surface area contributed by atoms with Crippen LogP contribution in [-0.4, -0.2) is 31.6 Å². The lowest BCUT2D eigenvalue weighted by molar-refractivity contribution is -0.145. The lowest BCUT2D eigenvalue weighted by Gasteiger charge is -2.28. The van der Waals surface area contributed by atoms with Gasteiger partial charge in [0.25, 0.3) is 0 Å². The number of phenols is 2. The quantitative estimate of drug-likeness (QED) is 0.830. The van der Waals surface area contributed by atoms with Gasteiger partial charge in [0.1, 0.15) is 11.5 Å². The van der Waals surface area contributed by atoms with Gasteiger partial charge >= 0.3 is 6.18 Å². The number of hydrogen-bond acceptors (Lipinski definition) is 5. The molecule has 0 bridgehead atoms. The third kappa shape index (κ3) is 3.37. The first kappa shape index (κ1) is 15.5. The lowest BCUT2D eigenvalue weighted by Crippen LogP contribution is -2.31. The van der Waals surface area contributed by atoms with E-state index in [-0.39, 0.29) is 11.5 Å². The van der Waals surface area contributed by atoms with Crippen molar-refractivity contribution in [2.24, 2.45) is 0 Å². The van der Waals surface area contributed by atoms with E-state index in [0.717, 1.165) is 0 Å². The molecule has 1 aromatic heterocycles. The third-order valence-corrected chi connectivity index (χ3v) is 3.72. The Bertz CT molecular complexity index is 734. The van der Waals surface area contributed by atoms with E-state index in [2.05, 4.69) is 9.97 Å². The topological polar surface area (TPSA) is 69.5 Å². The van der Waals surface area contributed by atoms with Gasteiger partial charge in [-0.25, -0.2) is 9.97 Å². The second kappa shape index (κ2) is 5.69. The summed E-state index contributed by atoms with van der Waals surface area (Å²) in [6, 6.07) is 4.26. The molecule has 0 atom stereocenters. The third-order valence-electron chi connectivity index (χ3n) is 3.72. The minimum absolute atomic E-state index is 0.0494. The first-order valence-electron chi connectivity index (χ1n) is 6.98. The SMILES string of the molecule is Oc1ccc(O)c(CN2CCc3nc(C(F)(F)F)ncc3C2)c1. The number of benzene rings is 1. The van der Waals surface area contributed by atoms with Gasteiger partial charge in [0.05, 0.1) is 5.69 Å². The van der Waals surface area contributed by atoms with Crippen LogP contribution in [0.2, 0.25) is 0 Å². The van der Waals surface area contributed by atoms with Crippen molar-refractivity contribution in [2.75, 3.05) is 6.54 Å². The maximum atomic E-state index is 12.6. The number of alkyl halides is 3. The summed E-state index contributed by atoms with van der Waals surface area (Å²) in [6.07, 6.45) is -2.96. The first-order valence-corrected chi connectivity index (χ1v) is 6.98. The maximum absolute atomic E-state index is 12.6. The highest BCUT2D eigenvalue weighted by Gasteiger charge is 2.35. The molecule has 23 heavy (non-hydrogen) atoms. The average Bonchev–Trinajstić information content (AvgIpc) is 2.49. The molecule has 0 amide bonds. The minimum atomic E-state index is -4.54. The van der Waals surface area contributed by atoms with Crippen LogP contribution in [0.5, 0.6) is 11.5 Å². The van der Waals surface area contributed by atoms with Crippen molar-refractivity contribution in [3.63, 3.8) is 0 Å². The molecule has 122 valence electrons. The molecule has 2 aromatic rings. The standard InChI is InChI=1S/C15H14F3N3O2/c16-15(17,18)14-19-6-10-8-21(4-3-12(10)20-14)7-9-5-11(22)1-2-13(9)23/h1-2,5-6,22-23H,3-4,7-8H2. The van der Waals surface area contributed by atoms with E-state index >= 15 is 0 Å². The van der Waals surface area contributed by atoms with Gasteiger partial charge in [0.15, 0.2) is 0 Å². The summed E-state index contributed by atoms with van der Waals surface area (Å²) in [4.78, 5) is 8.94. The van der Waals surface area contributed by atoms with E-state index < -0.39 is 12.0 Å². The van der Waals surface area contributed by atoms with E-state index in [0.29, 0.717) is 42.9 Å². The predicted molar refractivity (Wildman–Crippen MR) is 74.6 cm³/mol. The van der Waals surface area contributed by atoms with Crippen LogP contribution in [0.25, 0.3) is 0 Å². The number of rotatable bonds is 2. The van der Waals surface area contributed by atoms with Crippen LogP contribution in [-0.2, 0) is 25.7 Å². The molecule has 0 saturated carbocycles. The molecule has 0 aliphatic carbocycles. The first-order chi connectivity index (χ1) is 10.8. The highest BCUT2D eigenvalue weighted by atomic mass is 19.4. The van der Waals surface area contributed by atoms with Crippen LogP contribution < -0.4 is 0 Å². The predicted octanol–water partition coefficient (Wildman–Crippen LogP) is 2.46. The van der Waals surface area contributed by atoms with Gasteiger partial charge in [-0.15, -0.1) is 0 Å². The second-order valence-electron chi connectivity index (χ2n) is 5.44. The molecule has 0 saturated heterocycles. The monoisotopic (exact) mass is 325 g/mol. The summed E-state index contributed by atoms with van der Waals surface area (Å²) in [5.74, 6) is -0.999. The number of phenolic OH excluding ortho intramolecular Hbond substituents is 2. The Hall–Kier alpha value is -2.35. The largest absolute Gasteiger partial charge is 0.508 e. The summed E-state index contributed by atoms with van der Waals surface area (Å²) >= 11 is 0. The Labute approximate surface area is 130 Å². The molecule has 5 nitrogen and oxygen atoms in total. The number of fused-ring (bicyclic) bond motifs is 1. The average molecular weight is 325 g/mol. The lowest BCUT2D eigenvalue weighted by atomic mass is 10.1. The Morgan fingerprint density at radius 2 is 2.00 bits per heavy atom. The van der Waals surface area contributed by atoms with Gasteiger partial charge < -0.3 is 10.2 Å². The smallest absolute Gasteiger partial charge is 0.451 e. The summed E-state index contributed by atoms with van der Waals surface area (Å²) in [5, 5.41) is 19.3. The molecule has 0 spiro atoms. The Kier molecular flexibility index (Phi) is 3.85. The summed E-state index contributed by atoms with van der Waals surface area (Å²) < 4.78 is 37.9. The molecule has 1 aromatic carbocycles. The van der Waals surface area contributed by atoms with Gasteiger partial charge in [-0.1, -0.05) is 0 Å². The van der Waals surface area contributed by atoms with E-state index in [1.807, 2.05) is 4.90 Å². The van der Waals surface area contributed by atoms with Gasteiger partial charge in [0.2, 0.25) is 5.82 Å². The zero-order valence-electron chi connectivity index (χ0n) is 12.0. The highest BCUT2D eigenvalue weighted by molar-refractivity contribution is 5.38. The Morgan fingerprint density at radius 3 is 2.74 bits per heavy atom. The minimum Gasteiger partial charge on any atom is -0.508 e. The van der Waals surface area contributed by atoms with Crippen LogP contribution >= 0.6 is 0 Å². The molecule has 0 fully saturated rings. The van der Waals surface area contributed by atoms with E-state index in [4.69, 9.17) is 0 Å². The van der Waals surface area contributed by atoms with Crippen LogP contribution in [0, 0.1) is 0 Å². The van der Waals surface area contributed by atoms with E-state index in [1.165, 1.54) is 24.4 Å². The molecule has 2 heterocycles. The van der Waals surface area contributed by atoms with Crippen molar-refractivity contribution < 1.29 is 23.4 Å². The second-order valence-corrected chi connectivity index (χ2v) is 5.44. The fraction of sp³-hybridized carbons (Fsp3) is 0.333. The van der Waals surface area contributed by atoms with Crippen molar-refractivity contribution in [3.8, 4) is 11.5 Å². The number of hydrogen-bond donors (Lipinski definition) is 2. The fourth-order valence-electron chi connectivity index (χ4n) is 2.59. The van der Waals surface area contributed by atoms with Crippen LogP contribution in [0.3, 0.4) is 0 Å². The van der Waals surface area contributed by atoms with Crippen molar-refractivity contribution in [1.82, 2.24) is 14.9 Å². The van der Waals surface area contributed by atoms with E-state index in [1.54, 1.807) is 0 Å². The zero-order chi connectivity index (χ0) is 16.6. The molecule has 1 aliphatic rings. The van der Waals surface area contributed by atoms with Crippen LogP contribution in [0.15, 0.2) is 24.4 Å². The van der Waals surface area contributed by atoms with Gasteiger partial charge in [-0.05, 0) is 18.2 Å². The number of aromatic nitrogens is 2. The molecular weight excluding hydrogens is 311 g/mol. The van der Waals surface area contributed by atoms with E-state index in [9.17, 15) is 23.4 Å². The van der Waals surface area contributed by atoms with Crippen molar-refractivity contribution >= 4 is 0 Å². The van der Waals surface area contributed by atoms with Crippen LogP contribution in [0.4, 0.5) is 13.2 Å². The summed E-state index contributed by atoms with van der Waals surface area (Å²) in [5.41, 5.74) is 1.61. The molecule has 3 rings (SSSR count). The van der Waals surface area contributed by atoms with Gasteiger partial charge in [0, 0.05) is 43.4 Å². The highest BCUT2D eigenvalue weighted by Crippen LogP contribution is 2.29. The van der Waals surface area contributed by atoms with Gasteiger partial charge in [-0.3, -0.25) is 4.90 Å². The molecule has 8 heteroatoms. The maximum Gasteiger partial charge on any atom is 0.451 e. The van der Waals surface area contributed by atoms with Crippen molar-refractivity contribution in [3.05, 3.63) is 47.0 Å².